The molecule has 11 amide bonds. The second-order valence-electron chi connectivity index (χ2n) is 48.2. The van der Waals surface area contributed by atoms with Gasteiger partial charge in [-0.2, -0.15) is 0 Å². The number of likely N-dealkylation sites (N-methyl/N-ethyl adjacent to an activating group) is 1. The predicted molar refractivity (Wildman–Crippen MR) is 558 cm³/mol. The van der Waals surface area contributed by atoms with Gasteiger partial charge < -0.3 is 69.4 Å². The van der Waals surface area contributed by atoms with Gasteiger partial charge in [0.25, 0.3) is 0 Å². The number of nitrogens with zero attached hydrogens (tertiary/aromatic N) is 8. The number of ether oxygens (including phenoxy) is 3. The van der Waals surface area contributed by atoms with Crippen molar-refractivity contribution in [1.82, 2.24) is 55.1 Å². The van der Waals surface area contributed by atoms with Gasteiger partial charge in [0.1, 0.15) is 23.3 Å². The highest BCUT2D eigenvalue weighted by Gasteiger charge is 2.50. The van der Waals surface area contributed by atoms with Gasteiger partial charge in [0.05, 0.1) is 18.2 Å². The number of carbonyl (C=O) groups excluding carboxylic acids is 10. The summed E-state index contributed by atoms with van der Waals surface area (Å²) in [4.78, 5) is 146. The molecule has 141 heavy (non-hydrogen) atoms. The van der Waals surface area contributed by atoms with Crippen LogP contribution in [-0.2, 0) is 68.7 Å². The van der Waals surface area contributed by atoms with Crippen LogP contribution in [0.2, 0.25) is 0 Å². The lowest BCUT2D eigenvalue weighted by atomic mass is 9.80. The fourth-order valence-corrected chi connectivity index (χ4v) is 24.5. The summed E-state index contributed by atoms with van der Waals surface area (Å²) in [6.45, 7) is 37.0. The number of carbonyl (C=O) groups is 10. The first-order valence-electron chi connectivity index (χ1n) is 53.5. The molecule has 4 aromatic carbocycles. The number of amides is 11. The molecule has 17 rings (SSSR count). The molecule has 13 aliphatic rings. The van der Waals surface area contributed by atoms with E-state index in [1.807, 2.05) is 144 Å². The number of rotatable bonds is 18. The van der Waals surface area contributed by atoms with Gasteiger partial charge in [-0.25, -0.2) is 24.0 Å². The van der Waals surface area contributed by atoms with Crippen molar-refractivity contribution in [3.8, 4) is 0 Å². The van der Waals surface area contributed by atoms with Gasteiger partial charge in [0.15, 0.2) is 0 Å². The highest BCUT2D eigenvalue weighted by Crippen LogP contribution is 2.52. The van der Waals surface area contributed by atoms with Crippen LogP contribution in [-0.4, -0.2) is 239 Å². The number of esters is 1. The van der Waals surface area contributed by atoms with E-state index in [2.05, 4.69) is 118 Å². The third-order valence-corrected chi connectivity index (χ3v) is 31.6. The molecule has 2 unspecified atom stereocenters. The van der Waals surface area contributed by atoms with E-state index in [9.17, 15) is 47.9 Å². The first-order chi connectivity index (χ1) is 66.7. The van der Waals surface area contributed by atoms with E-state index >= 15 is 0 Å². The topological polar surface area (TPSA) is 260 Å². The molecule has 768 valence electrons. The molecule has 4 atom stereocenters. The standard InChI is InChI=1S/C30H45N3O2.C30H42N2O5.C29H41N3O2.C28H39N3O4/c1-20(2)17-27-26-18-23-9-7-8-10-24(23)25(26)15-16-33(27)28(34)22-13-11-21(12-14-22)19-32(6)29(35)31-30(3,4)5;1-19(2)36-28(34)26-16-25-23(15-22-9-7-8-10-24(22)25)18-32(26)27(33)21-13-11-20(12-14-21)17-31(6)29(35)37-30(3,4)5;1-29(2,3)30-28(34)31(4)18-19-9-11-21(12-10-19)27(33)32-16-15-24-23-8-6-5-7-22(23)17-25(24)26(32)20-13-14-20;1-28(2,3)35-27(34)30(5)16-18-10-12-19(13-11-18)26(33)31-17-21-14-20-8-6-7-9-22(20)23(21)15-24(31)25(32)29-4/h7-10,20-22,27H,11-19H2,1-6H3,(H,31,35);7-10,19-21,26H,11-18H2,1-6H3;5-8,19-21,26H,9-18H2,1-4H3,(H,30,34);6-9,18-19,24H,10-17H2,1-5H3,(H,29,32)/t;20?,21?,26-;;18?,19?,24-/m.0.0/s1. The van der Waals surface area contributed by atoms with E-state index in [1.54, 1.807) is 41.4 Å². The SMILES string of the molecule is CC(C)CC1C2=C(CCN1C(=O)C1CCC(CN(C)C(=O)NC(C)(C)C)CC1)c1ccccc1C2.CC(C)OC(=O)[C@@H]1CC2=C(Cc3ccccc32)CN1C(=O)C1CCC(CN(C)C(=O)OC(C)(C)C)CC1.CN(CC1CCC(C(=O)N2CCC3=C(Cc4ccccc43)C2C2CC2)CC1)C(=O)NC(C)(C)C.CNC(=O)[C@@H]1CC2=C(Cc3ccccc32)CN1C(=O)C1CCC(CN(C)C(=O)OC(C)(C)C)CC1. The lowest BCUT2D eigenvalue weighted by molar-refractivity contribution is -0.159. The number of hydrogen-bond acceptors (Lipinski definition) is 13. The maximum absolute atomic E-state index is 13.8. The second kappa shape index (κ2) is 45.4. The van der Waals surface area contributed by atoms with E-state index in [0.717, 1.165) is 174 Å². The zero-order valence-corrected chi connectivity index (χ0v) is 89.0. The van der Waals surface area contributed by atoms with Gasteiger partial charge in [-0.15, -0.1) is 0 Å². The molecule has 0 spiro atoms. The van der Waals surface area contributed by atoms with Crippen molar-refractivity contribution in [3.05, 3.63) is 164 Å². The summed E-state index contributed by atoms with van der Waals surface area (Å²) in [6.07, 6.45) is 24.1. The molecule has 4 aromatic rings. The molecule has 0 saturated heterocycles. The average molecular weight is 1940 g/mol. The predicted octanol–water partition coefficient (Wildman–Crippen LogP) is 20.4. The van der Waals surface area contributed by atoms with Crippen LogP contribution < -0.4 is 16.0 Å². The van der Waals surface area contributed by atoms with Crippen LogP contribution in [0.5, 0.6) is 0 Å². The summed E-state index contributed by atoms with van der Waals surface area (Å²) < 4.78 is 16.6. The number of benzene rings is 4. The quantitative estimate of drug-likeness (QED) is 0.0619. The summed E-state index contributed by atoms with van der Waals surface area (Å²) in [5.41, 5.74) is 20.3. The molecule has 5 saturated carbocycles. The number of nitrogens with one attached hydrogen (secondary N) is 3. The molecule has 4 heterocycles. The fraction of sp³-hybridized carbons (Fsp3) is 0.641. The second-order valence-corrected chi connectivity index (χ2v) is 48.2. The maximum atomic E-state index is 13.8. The molecule has 24 nitrogen and oxygen atoms in total. The van der Waals surface area contributed by atoms with Crippen LogP contribution in [0.15, 0.2) is 119 Å². The lowest BCUT2D eigenvalue weighted by Crippen LogP contribution is -2.53. The van der Waals surface area contributed by atoms with Gasteiger partial charge >= 0.3 is 30.2 Å². The minimum atomic E-state index is -0.587. The largest absolute Gasteiger partial charge is 0.461 e. The van der Waals surface area contributed by atoms with E-state index in [1.165, 1.54) is 96.4 Å². The zero-order chi connectivity index (χ0) is 102. The molecule has 4 aliphatic heterocycles. The van der Waals surface area contributed by atoms with Gasteiger partial charge in [-0.3, -0.25) is 24.0 Å². The van der Waals surface area contributed by atoms with Crippen molar-refractivity contribution < 1.29 is 62.2 Å². The number of hydrogen-bond donors (Lipinski definition) is 3. The van der Waals surface area contributed by atoms with Gasteiger partial charge in [0.2, 0.25) is 29.5 Å². The highest BCUT2D eigenvalue weighted by molar-refractivity contribution is 5.95. The van der Waals surface area contributed by atoms with Crippen molar-refractivity contribution in [2.75, 3.05) is 87.6 Å². The van der Waals surface area contributed by atoms with E-state index in [4.69, 9.17) is 14.2 Å². The summed E-state index contributed by atoms with van der Waals surface area (Å²) in [5, 5.41) is 8.87. The Labute approximate surface area is 841 Å². The average Bonchev–Trinajstić information content (AvgIpc) is 1.62. The van der Waals surface area contributed by atoms with Crippen LogP contribution in [0.3, 0.4) is 0 Å². The Morgan fingerprint density at radius 1 is 0.390 bits per heavy atom. The maximum Gasteiger partial charge on any atom is 0.410 e. The van der Waals surface area contributed by atoms with Crippen molar-refractivity contribution in [3.63, 3.8) is 0 Å². The summed E-state index contributed by atoms with van der Waals surface area (Å²) in [6, 6.07) is 33.9. The van der Waals surface area contributed by atoms with E-state index in [-0.39, 0.29) is 94.8 Å². The van der Waals surface area contributed by atoms with E-state index in [0.29, 0.717) is 92.4 Å². The minimum Gasteiger partial charge on any atom is -0.461 e. The molecule has 0 radical (unpaired) electrons. The van der Waals surface area contributed by atoms with Gasteiger partial charge in [-0.05, 0) is 382 Å². The van der Waals surface area contributed by atoms with Gasteiger partial charge in [0, 0.05) is 135 Å². The number of urea groups is 2. The summed E-state index contributed by atoms with van der Waals surface area (Å²) in [7, 11) is 8.96. The monoisotopic (exact) mass is 1930 g/mol. The van der Waals surface area contributed by atoms with E-state index < -0.39 is 23.3 Å². The normalized spacial score (nSPS) is 24.6. The molecule has 24 heteroatoms. The van der Waals surface area contributed by atoms with Crippen molar-refractivity contribution in [2.24, 2.45) is 59.2 Å². The molecule has 3 N–H and O–H groups in total. The van der Waals surface area contributed by atoms with Crippen LogP contribution >= 0.6 is 0 Å². The third kappa shape index (κ3) is 26.9. The van der Waals surface area contributed by atoms with Crippen molar-refractivity contribution in [2.45, 2.75) is 337 Å². The minimum absolute atomic E-state index is 0.00655. The third-order valence-electron chi connectivity index (χ3n) is 31.6. The Morgan fingerprint density at radius 2 is 0.716 bits per heavy atom. The molecule has 5 fully saturated rings. The first-order valence-corrected chi connectivity index (χ1v) is 53.5. The zero-order valence-electron chi connectivity index (χ0n) is 89.0. The molecule has 0 aromatic heterocycles. The van der Waals surface area contributed by atoms with Gasteiger partial charge in [-0.1, -0.05) is 111 Å². The Kier molecular flexibility index (Phi) is 34.3. The van der Waals surface area contributed by atoms with Crippen molar-refractivity contribution in [1.29, 1.82) is 0 Å². The number of fused-ring (bicyclic) bond motifs is 8. The lowest BCUT2D eigenvalue weighted by Gasteiger charge is -2.41. The molecule has 9 aliphatic carbocycles. The van der Waals surface area contributed by atoms with Crippen LogP contribution in [0.1, 0.15) is 303 Å². The smallest absolute Gasteiger partial charge is 0.410 e. The Hall–Kier alpha value is -10.3. The van der Waals surface area contributed by atoms with Crippen LogP contribution in [0, 0.1) is 59.2 Å². The van der Waals surface area contributed by atoms with Crippen LogP contribution in [0.4, 0.5) is 19.2 Å². The molecule has 0 bridgehead atoms. The van der Waals surface area contributed by atoms with Crippen LogP contribution in [0.25, 0.3) is 22.3 Å². The Balaban J connectivity index is 0.000000150. The highest BCUT2D eigenvalue weighted by atomic mass is 16.6. The molecular formula is C117H167N11O13. The van der Waals surface area contributed by atoms with Crippen molar-refractivity contribution >= 4 is 82.0 Å². The summed E-state index contributed by atoms with van der Waals surface area (Å²) in [5.74, 6) is 3.48. The first kappa shape index (κ1) is 107. The summed E-state index contributed by atoms with van der Waals surface area (Å²) >= 11 is 0. The molecular weight excluding hydrogens is 1770 g/mol. The Bertz CT molecular complexity index is 5330. The Morgan fingerprint density at radius 3 is 1.08 bits per heavy atom. The fourth-order valence-electron chi connectivity index (χ4n) is 24.5.